The number of hydrogen-bond donors (Lipinski definition) is 3. The SMILES string of the molecule is O=C(NNC(=S)NCCCc1ccccc1)c1cc2cc(Br)cc(Br)c2o1. The van der Waals surface area contributed by atoms with Crippen LogP contribution in [-0.4, -0.2) is 17.6 Å². The van der Waals surface area contributed by atoms with E-state index in [2.05, 4.69) is 60.2 Å². The first-order valence-electron chi connectivity index (χ1n) is 8.29. The number of furan rings is 1. The summed E-state index contributed by atoms with van der Waals surface area (Å²) in [6.45, 7) is 0.711. The van der Waals surface area contributed by atoms with E-state index in [-0.39, 0.29) is 5.76 Å². The highest BCUT2D eigenvalue weighted by atomic mass is 79.9. The van der Waals surface area contributed by atoms with Crippen molar-refractivity contribution in [2.24, 2.45) is 0 Å². The molecule has 0 aliphatic rings. The smallest absolute Gasteiger partial charge is 0.305 e. The predicted molar refractivity (Wildman–Crippen MR) is 118 cm³/mol. The first-order chi connectivity index (χ1) is 13.0. The van der Waals surface area contributed by atoms with Crippen molar-refractivity contribution < 1.29 is 9.21 Å². The number of fused-ring (bicyclic) bond motifs is 1. The molecule has 8 heteroatoms. The Morgan fingerprint density at radius 3 is 2.63 bits per heavy atom. The molecule has 0 aliphatic heterocycles. The van der Waals surface area contributed by atoms with Crippen molar-refractivity contribution in [2.45, 2.75) is 12.8 Å². The quantitative estimate of drug-likeness (QED) is 0.264. The van der Waals surface area contributed by atoms with Gasteiger partial charge in [-0.1, -0.05) is 46.3 Å². The number of carbonyl (C=O) groups excluding carboxylic acids is 1. The summed E-state index contributed by atoms with van der Waals surface area (Å²) >= 11 is 12.0. The monoisotopic (exact) mass is 509 g/mol. The molecule has 0 spiro atoms. The molecular weight excluding hydrogens is 494 g/mol. The molecule has 0 radical (unpaired) electrons. The fraction of sp³-hybridized carbons (Fsp3) is 0.158. The van der Waals surface area contributed by atoms with Gasteiger partial charge < -0.3 is 9.73 Å². The van der Waals surface area contributed by atoms with Crippen molar-refractivity contribution in [1.29, 1.82) is 0 Å². The van der Waals surface area contributed by atoms with Gasteiger partial charge in [0.05, 0.1) is 4.47 Å². The average Bonchev–Trinajstić information content (AvgIpc) is 3.08. The van der Waals surface area contributed by atoms with E-state index in [9.17, 15) is 4.79 Å². The van der Waals surface area contributed by atoms with Gasteiger partial charge in [0, 0.05) is 16.4 Å². The zero-order chi connectivity index (χ0) is 19.2. The van der Waals surface area contributed by atoms with Crippen molar-refractivity contribution in [3.8, 4) is 0 Å². The van der Waals surface area contributed by atoms with Crippen LogP contribution in [0.25, 0.3) is 11.0 Å². The summed E-state index contributed by atoms with van der Waals surface area (Å²) in [4.78, 5) is 12.2. The molecule has 1 amide bonds. The highest BCUT2D eigenvalue weighted by Gasteiger charge is 2.14. The lowest BCUT2D eigenvalue weighted by atomic mass is 10.1. The minimum atomic E-state index is -0.400. The lowest BCUT2D eigenvalue weighted by molar-refractivity contribution is 0.0918. The van der Waals surface area contributed by atoms with Crippen LogP contribution in [0.1, 0.15) is 22.5 Å². The van der Waals surface area contributed by atoms with Crippen molar-refractivity contribution in [2.75, 3.05) is 6.54 Å². The summed E-state index contributed by atoms with van der Waals surface area (Å²) < 4.78 is 7.28. The number of amides is 1. The molecule has 3 aromatic rings. The first kappa shape index (κ1) is 19.9. The van der Waals surface area contributed by atoms with Gasteiger partial charge in [-0.15, -0.1) is 0 Å². The van der Waals surface area contributed by atoms with Gasteiger partial charge in [0.2, 0.25) is 0 Å². The predicted octanol–water partition coefficient (Wildman–Crippen LogP) is 4.70. The van der Waals surface area contributed by atoms with Crippen LogP contribution in [0.5, 0.6) is 0 Å². The van der Waals surface area contributed by atoms with Gasteiger partial charge in [-0.3, -0.25) is 15.6 Å². The zero-order valence-electron chi connectivity index (χ0n) is 14.2. The maximum absolute atomic E-state index is 12.2. The number of carbonyl (C=O) groups is 1. The molecule has 1 aromatic heterocycles. The van der Waals surface area contributed by atoms with E-state index < -0.39 is 5.91 Å². The standard InChI is InChI=1S/C19H17Br2N3O2S/c20-14-9-13-10-16(26-17(13)15(21)11-14)18(25)23-24-19(27)22-8-4-7-12-5-2-1-3-6-12/h1-3,5-6,9-11H,4,7-8H2,(H,23,25)(H2,22,24,27). The van der Waals surface area contributed by atoms with Crippen LogP contribution in [-0.2, 0) is 6.42 Å². The van der Waals surface area contributed by atoms with Gasteiger partial charge in [0.1, 0.15) is 5.58 Å². The molecule has 3 rings (SSSR count). The highest BCUT2D eigenvalue weighted by molar-refractivity contribution is 9.11. The normalized spacial score (nSPS) is 10.6. The van der Waals surface area contributed by atoms with E-state index in [4.69, 9.17) is 16.6 Å². The highest BCUT2D eigenvalue weighted by Crippen LogP contribution is 2.30. The number of benzene rings is 2. The molecule has 2 aromatic carbocycles. The maximum Gasteiger partial charge on any atom is 0.305 e. The second-order valence-corrected chi connectivity index (χ2v) is 8.02. The summed E-state index contributed by atoms with van der Waals surface area (Å²) in [5, 5.41) is 4.24. The second-order valence-electron chi connectivity index (χ2n) is 5.84. The largest absolute Gasteiger partial charge is 0.450 e. The van der Waals surface area contributed by atoms with Crippen LogP contribution >= 0.6 is 44.1 Å². The van der Waals surface area contributed by atoms with Gasteiger partial charge in [0.15, 0.2) is 10.9 Å². The molecule has 0 saturated carbocycles. The zero-order valence-corrected chi connectivity index (χ0v) is 18.2. The Balaban J connectivity index is 1.44. The Bertz CT molecular complexity index is 960. The molecular formula is C19H17Br2N3O2S. The van der Waals surface area contributed by atoms with Crippen LogP contribution in [0.4, 0.5) is 0 Å². The number of hydrazine groups is 1. The van der Waals surface area contributed by atoms with Crippen LogP contribution in [0.2, 0.25) is 0 Å². The molecule has 0 bridgehead atoms. The van der Waals surface area contributed by atoms with E-state index in [1.54, 1.807) is 6.07 Å². The molecule has 0 fully saturated rings. The molecule has 140 valence electrons. The molecule has 0 atom stereocenters. The molecule has 1 heterocycles. The Kier molecular flexibility index (Phi) is 6.87. The summed E-state index contributed by atoms with van der Waals surface area (Å²) in [5.74, 6) is -0.203. The van der Waals surface area contributed by atoms with Gasteiger partial charge >= 0.3 is 5.91 Å². The van der Waals surface area contributed by atoms with Crippen molar-refractivity contribution in [3.05, 3.63) is 68.8 Å². The van der Waals surface area contributed by atoms with Crippen molar-refractivity contribution >= 4 is 66.1 Å². The van der Waals surface area contributed by atoms with Crippen molar-refractivity contribution in [3.63, 3.8) is 0 Å². The summed E-state index contributed by atoms with van der Waals surface area (Å²) in [7, 11) is 0. The minimum Gasteiger partial charge on any atom is -0.450 e. The second kappa shape index (κ2) is 9.34. The molecule has 27 heavy (non-hydrogen) atoms. The topological polar surface area (TPSA) is 66.3 Å². The Morgan fingerprint density at radius 1 is 1.07 bits per heavy atom. The Morgan fingerprint density at radius 2 is 1.85 bits per heavy atom. The van der Waals surface area contributed by atoms with Gasteiger partial charge in [0.25, 0.3) is 0 Å². The molecule has 5 nitrogen and oxygen atoms in total. The maximum atomic E-state index is 12.2. The summed E-state index contributed by atoms with van der Waals surface area (Å²) in [6.07, 6.45) is 1.90. The molecule has 0 aliphatic carbocycles. The van der Waals surface area contributed by atoms with Crippen LogP contribution in [0.15, 0.2) is 61.9 Å². The minimum absolute atomic E-state index is 0.197. The Labute approximate surface area is 179 Å². The molecule has 0 unspecified atom stereocenters. The van der Waals surface area contributed by atoms with E-state index >= 15 is 0 Å². The lowest BCUT2D eigenvalue weighted by Gasteiger charge is -2.10. The molecule has 3 N–H and O–H groups in total. The average molecular weight is 511 g/mol. The van der Waals surface area contributed by atoms with Gasteiger partial charge in [-0.05, 0) is 64.8 Å². The number of rotatable bonds is 5. The third-order valence-corrected chi connectivity index (χ3v) is 5.11. The van der Waals surface area contributed by atoms with Gasteiger partial charge in [-0.25, -0.2) is 0 Å². The summed E-state index contributed by atoms with van der Waals surface area (Å²) in [5.41, 5.74) is 7.13. The summed E-state index contributed by atoms with van der Waals surface area (Å²) in [6, 6.07) is 15.7. The van der Waals surface area contributed by atoms with E-state index in [1.807, 2.05) is 30.3 Å². The number of nitrogens with one attached hydrogen (secondary N) is 3. The lowest BCUT2D eigenvalue weighted by Crippen LogP contribution is -2.46. The number of hydrogen-bond acceptors (Lipinski definition) is 3. The van der Waals surface area contributed by atoms with Gasteiger partial charge in [-0.2, -0.15) is 0 Å². The third-order valence-electron chi connectivity index (χ3n) is 3.82. The van der Waals surface area contributed by atoms with Crippen LogP contribution in [0.3, 0.4) is 0 Å². The number of halogens is 2. The van der Waals surface area contributed by atoms with Crippen LogP contribution in [0, 0.1) is 0 Å². The number of aryl methyl sites for hydroxylation is 1. The fourth-order valence-electron chi connectivity index (χ4n) is 2.55. The molecule has 0 saturated heterocycles. The number of thiocarbonyl (C=S) groups is 1. The fourth-order valence-corrected chi connectivity index (χ4v) is 4.04. The van der Waals surface area contributed by atoms with Crippen LogP contribution < -0.4 is 16.2 Å². The third kappa shape index (κ3) is 5.54. The first-order valence-corrected chi connectivity index (χ1v) is 10.3. The van der Waals surface area contributed by atoms with E-state index in [1.165, 1.54) is 5.56 Å². The van der Waals surface area contributed by atoms with E-state index in [0.29, 0.717) is 17.2 Å². The van der Waals surface area contributed by atoms with E-state index in [0.717, 1.165) is 27.2 Å². The Hall–Kier alpha value is -1.90. The van der Waals surface area contributed by atoms with Crippen molar-refractivity contribution in [1.82, 2.24) is 16.2 Å².